The summed E-state index contributed by atoms with van der Waals surface area (Å²) in [4.78, 5) is 13.2. The highest BCUT2D eigenvalue weighted by atomic mass is 32.2. The van der Waals surface area contributed by atoms with E-state index in [0.29, 0.717) is 12.4 Å². The Kier molecular flexibility index (Phi) is 7.73. The Morgan fingerprint density at radius 2 is 1.72 bits per heavy atom. The smallest absolute Gasteiger partial charge is 0.255 e. The molecule has 1 N–H and O–H groups in total. The molecule has 0 aliphatic carbocycles. The molecular formula is C23H27NO6S2. The van der Waals surface area contributed by atoms with Crippen molar-refractivity contribution in [2.75, 3.05) is 12.4 Å². The Bertz CT molecular complexity index is 1170. The molecule has 1 aliphatic heterocycles. The van der Waals surface area contributed by atoms with Crippen LogP contribution >= 0.6 is 0 Å². The third-order valence-electron chi connectivity index (χ3n) is 5.22. The number of para-hydroxylation sites is 1. The van der Waals surface area contributed by atoms with E-state index in [-0.39, 0.29) is 12.0 Å². The minimum absolute atomic E-state index is 0.165. The first-order valence-corrected chi connectivity index (χ1v) is 13.8. The second kappa shape index (κ2) is 10.3. The molecule has 1 heterocycles. The molecule has 0 bridgehead atoms. The lowest BCUT2D eigenvalue weighted by molar-refractivity contribution is 0.0932. The molecule has 7 nitrogen and oxygen atoms in total. The SMILES string of the molecule is CCCCOc1ccccc1C(=O)NC(Cc1ccccc1)C1CS(=O)(=O)C=CS1(=O)=O. The van der Waals surface area contributed by atoms with Crippen molar-refractivity contribution < 1.29 is 26.4 Å². The maximum Gasteiger partial charge on any atom is 0.255 e. The van der Waals surface area contributed by atoms with Crippen LogP contribution in [-0.4, -0.2) is 46.4 Å². The lowest BCUT2D eigenvalue weighted by Gasteiger charge is -2.28. The van der Waals surface area contributed by atoms with Crippen LogP contribution in [-0.2, 0) is 26.1 Å². The zero-order valence-corrected chi connectivity index (χ0v) is 19.4. The number of rotatable bonds is 9. The third kappa shape index (κ3) is 6.20. The number of carbonyl (C=O) groups is 1. The molecule has 2 unspecified atom stereocenters. The summed E-state index contributed by atoms with van der Waals surface area (Å²) in [7, 11) is -7.57. The van der Waals surface area contributed by atoms with E-state index >= 15 is 0 Å². The first kappa shape index (κ1) is 24.0. The number of unbranched alkanes of at least 4 members (excludes halogenated alkanes) is 1. The number of nitrogens with one attached hydrogen (secondary N) is 1. The summed E-state index contributed by atoms with van der Waals surface area (Å²) in [5.74, 6) is -0.700. The van der Waals surface area contributed by atoms with Gasteiger partial charge in [-0.25, -0.2) is 16.8 Å². The minimum Gasteiger partial charge on any atom is -0.493 e. The Labute approximate surface area is 189 Å². The van der Waals surface area contributed by atoms with E-state index in [1.165, 1.54) is 0 Å². The van der Waals surface area contributed by atoms with Gasteiger partial charge < -0.3 is 10.1 Å². The quantitative estimate of drug-likeness (QED) is 0.557. The van der Waals surface area contributed by atoms with Crippen molar-refractivity contribution in [3.63, 3.8) is 0 Å². The molecule has 172 valence electrons. The van der Waals surface area contributed by atoms with E-state index in [4.69, 9.17) is 4.74 Å². The second-order valence-electron chi connectivity index (χ2n) is 7.70. The number of hydrogen-bond donors (Lipinski definition) is 1. The Morgan fingerprint density at radius 3 is 2.44 bits per heavy atom. The molecule has 0 aromatic heterocycles. The van der Waals surface area contributed by atoms with E-state index in [2.05, 4.69) is 5.32 Å². The van der Waals surface area contributed by atoms with Gasteiger partial charge in [0.25, 0.3) is 5.91 Å². The molecule has 0 fully saturated rings. The van der Waals surface area contributed by atoms with Gasteiger partial charge >= 0.3 is 0 Å². The van der Waals surface area contributed by atoms with Gasteiger partial charge in [0.15, 0.2) is 19.7 Å². The van der Waals surface area contributed by atoms with Gasteiger partial charge in [-0.2, -0.15) is 0 Å². The molecule has 9 heteroatoms. The summed E-state index contributed by atoms with van der Waals surface area (Å²) >= 11 is 0. The standard InChI is InChI=1S/C23H27NO6S2/c1-2-3-13-30-21-12-8-7-11-19(21)23(25)24-20(16-18-9-5-4-6-10-18)22-17-31(26,27)14-15-32(22,28)29/h4-12,14-15,20,22H,2-3,13,16-17H2,1H3,(H,24,25). The number of amides is 1. The monoisotopic (exact) mass is 477 g/mol. The van der Waals surface area contributed by atoms with Gasteiger partial charge in [-0.15, -0.1) is 0 Å². The summed E-state index contributed by atoms with van der Waals surface area (Å²) < 4.78 is 55.6. The van der Waals surface area contributed by atoms with E-state index in [9.17, 15) is 21.6 Å². The second-order valence-corrected chi connectivity index (χ2v) is 11.7. The van der Waals surface area contributed by atoms with Crippen LogP contribution in [0.25, 0.3) is 0 Å². The fourth-order valence-electron chi connectivity index (χ4n) is 3.48. The molecule has 0 radical (unpaired) electrons. The normalized spacial score (nSPS) is 19.7. The molecule has 0 saturated carbocycles. The van der Waals surface area contributed by atoms with Gasteiger partial charge in [-0.05, 0) is 30.5 Å². The summed E-state index contributed by atoms with van der Waals surface area (Å²) in [5.41, 5.74) is 1.06. The third-order valence-corrected chi connectivity index (χ3v) is 8.83. The first-order valence-electron chi connectivity index (χ1n) is 10.4. The Morgan fingerprint density at radius 1 is 1.03 bits per heavy atom. The lowest BCUT2D eigenvalue weighted by Crippen LogP contribution is -2.51. The zero-order valence-electron chi connectivity index (χ0n) is 17.8. The molecule has 3 rings (SSSR count). The molecule has 32 heavy (non-hydrogen) atoms. The van der Waals surface area contributed by atoms with E-state index in [1.807, 2.05) is 13.0 Å². The van der Waals surface area contributed by atoms with E-state index in [0.717, 1.165) is 29.2 Å². The average molecular weight is 478 g/mol. The van der Waals surface area contributed by atoms with Crippen molar-refractivity contribution in [3.8, 4) is 5.75 Å². The Hall–Kier alpha value is -2.65. The van der Waals surface area contributed by atoms with Crippen LogP contribution in [0.15, 0.2) is 65.4 Å². The molecular weight excluding hydrogens is 450 g/mol. The predicted octanol–water partition coefficient (Wildman–Crippen LogP) is 2.89. The molecule has 2 atom stereocenters. The van der Waals surface area contributed by atoms with Crippen molar-refractivity contribution in [2.45, 2.75) is 37.5 Å². The summed E-state index contributed by atoms with van der Waals surface area (Å²) in [6, 6.07) is 14.8. The van der Waals surface area contributed by atoms with Crippen molar-refractivity contribution in [3.05, 3.63) is 76.5 Å². The van der Waals surface area contributed by atoms with Crippen LogP contribution in [0.1, 0.15) is 35.7 Å². The van der Waals surface area contributed by atoms with Gasteiger partial charge in [0.1, 0.15) is 11.0 Å². The lowest BCUT2D eigenvalue weighted by atomic mass is 10.0. The largest absolute Gasteiger partial charge is 0.493 e. The van der Waals surface area contributed by atoms with E-state index in [1.54, 1.807) is 48.5 Å². The van der Waals surface area contributed by atoms with Crippen LogP contribution in [0.3, 0.4) is 0 Å². The fourth-order valence-corrected chi connectivity index (χ4v) is 7.73. The topological polar surface area (TPSA) is 107 Å². The summed E-state index contributed by atoms with van der Waals surface area (Å²) in [6.45, 7) is 2.48. The van der Waals surface area contributed by atoms with Crippen molar-refractivity contribution >= 4 is 25.6 Å². The highest BCUT2D eigenvalue weighted by Gasteiger charge is 2.39. The number of sulfone groups is 2. The van der Waals surface area contributed by atoms with Gasteiger partial charge in [0, 0.05) is 10.8 Å². The molecule has 2 aromatic rings. The van der Waals surface area contributed by atoms with E-state index < -0.39 is 42.6 Å². The van der Waals surface area contributed by atoms with Crippen LogP contribution < -0.4 is 10.1 Å². The van der Waals surface area contributed by atoms with Gasteiger partial charge in [0.05, 0.1) is 24.0 Å². The molecule has 1 aliphatic rings. The number of carbonyl (C=O) groups excluding carboxylic acids is 1. The average Bonchev–Trinajstić information content (AvgIpc) is 2.76. The first-order chi connectivity index (χ1) is 15.2. The maximum atomic E-state index is 13.2. The highest BCUT2D eigenvalue weighted by Crippen LogP contribution is 2.23. The minimum atomic E-state index is -3.88. The van der Waals surface area contributed by atoms with Crippen LogP contribution in [0, 0.1) is 0 Å². The number of benzene rings is 2. The van der Waals surface area contributed by atoms with Crippen LogP contribution in [0.2, 0.25) is 0 Å². The predicted molar refractivity (Wildman–Crippen MR) is 124 cm³/mol. The van der Waals surface area contributed by atoms with Crippen LogP contribution in [0.5, 0.6) is 5.75 Å². The molecule has 2 aromatic carbocycles. The maximum absolute atomic E-state index is 13.2. The molecule has 0 spiro atoms. The summed E-state index contributed by atoms with van der Waals surface area (Å²) in [6.07, 6.45) is 1.94. The van der Waals surface area contributed by atoms with Gasteiger partial charge in [0.2, 0.25) is 0 Å². The zero-order chi connectivity index (χ0) is 23.2. The highest BCUT2D eigenvalue weighted by molar-refractivity contribution is 8.01. The van der Waals surface area contributed by atoms with Crippen molar-refractivity contribution in [1.29, 1.82) is 0 Å². The molecule has 0 saturated heterocycles. The van der Waals surface area contributed by atoms with Crippen molar-refractivity contribution in [2.24, 2.45) is 0 Å². The van der Waals surface area contributed by atoms with Crippen LogP contribution in [0.4, 0.5) is 0 Å². The molecule has 1 amide bonds. The van der Waals surface area contributed by atoms with Crippen molar-refractivity contribution in [1.82, 2.24) is 5.32 Å². The number of ether oxygens (including phenoxy) is 1. The Balaban J connectivity index is 1.91. The summed E-state index contributed by atoms with van der Waals surface area (Å²) in [5, 5.41) is 2.93. The number of hydrogen-bond acceptors (Lipinski definition) is 6. The van der Waals surface area contributed by atoms with Gasteiger partial charge in [-0.1, -0.05) is 55.8 Å². The fraction of sp³-hybridized carbons (Fsp3) is 0.348. The van der Waals surface area contributed by atoms with Gasteiger partial charge in [-0.3, -0.25) is 4.79 Å².